The minimum Gasteiger partial charge on any atom is -0.491 e. The molecule has 0 saturated heterocycles. The van der Waals surface area contributed by atoms with Crippen molar-refractivity contribution >= 4 is 35.2 Å². The van der Waals surface area contributed by atoms with E-state index in [-0.39, 0.29) is 121 Å². The molecule has 12 nitrogen and oxygen atoms in total. The van der Waals surface area contributed by atoms with Crippen LogP contribution in [-0.2, 0) is 68.8 Å². The van der Waals surface area contributed by atoms with Crippen molar-refractivity contribution < 1.29 is 38.2 Å². The first-order valence-corrected chi connectivity index (χ1v) is 21.1. The van der Waals surface area contributed by atoms with Crippen molar-refractivity contribution in [1.82, 2.24) is 21.3 Å². The largest absolute Gasteiger partial charge is 0.491 e. The normalized spacial score (nSPS) is 18.2. The van der Waals surface area contributed by atoms with E-state index in [1.54, 1.807) is 0 Å². The van der Waals surface area contributed by atoms with Crippen molar-refractivity contribution in [3.8, 4) is 11.5 Å². The summed E-state index contributed by atoms with van der Waals surface area (Å²) in [6.45, 7) is 13.1. The molecule has 2 aliphatic heterocycles. The van der Waals surface area contributed by atoms with Crippen LogP contribution in [0.25, 0.3) is 0 Å². The number of allylic oxidation sites excluding steroid dienone is 8. The average molecular weight is 839 g/mol. The molecule has 0 fully saturated rings. The summed E-state index contributed by atoms with van der Waals surface area (Å²) in [7, 11) is 0. The first-order valence-electron chi connectivity index (χ1n) is 21.1. The maximum atomic E-state index is 14.6. The topological polar surface area (TPSA) is 169 Å². The summed E-state index contributed by atoms with van der Waals surface area (Å²) in [5.41, 5.74) is 6.39. The lowest BCUT2D eigenvalue weighted by Crippen LogP contribution is -2.37. The molecule has 3 aromatic rings. The number of benzene rings is 3. The SMILES string of the molecule is CC(C)(C)c1cc2c3c(c1)CC1=CC(=O)C=C(Cc4cc(C(C)(C)C)cc(c4OCCNC(=O)NCc4cccc(c4)CNC(=O)NCCO3)CC3=CC(=O)C=C(C2)C3=O)C1=O. The number of Topliss-reactive ketones (excluding diaryl/α,β-unsaturated/α-hetero) is 2. The minimum atomic E-state index is -0.417. The van der Waals surface area contributed by atoms with E-state index in [1.165, 1.54) is 24.3 Å². The summed E-state index contributed by atoms with van der Waals surface area (Å²) < 4.78 is 13.0. The summed E-state index contributed by atoms with van der Waals surface area (Å²) in [4.78, 5) is 82.1. The molecule has 4 amide bonds. The fourth-order valence-corrected chi connectivity index (χ4v) is 8.04. The van der Waals surface area contributed by atoms with Gasteiger partial charge in [0.1, 0.15) is 24.7 Å². The van der Waals surface area contributed by atoms with Crippen LogP contribution in [0.1, 0.15) is 86.1 Å². The Bertz CT molecular complexity index is 2240. The molecule has 0 aromatic heterocycles. The Morgan fingerprint density at radius 1 is 0.468 bits per heavy atom. The van der Waals surface area contributed by atoms with Crippen LogP contribution in [0.5, 0.6) is 11.5 Å². The molecule has 5 aliphatic rings. The Morgan fingerprint density at radius 3 is 1.13 bits per heavy atom. The van der Waals surface area contributed by atoms with Gasteiger partial charge in [-0.3, -0.25) is 19.2 Å². The Kier molecular flexibility index (Phi) is 12.5. The van der Waals surface area contributed by atoms with Gasteiger partial charge >= 0.3 is 12.1 Å². The highest BCUT2D eigenvalue weighted by molar-refractivity contribution is 6.21. The zero-order chi connectivity index (χ0) is 44.3. The molecule has 0 radical (unpaired) electrons. The molecule has 3 aromatic carbocycles. The van der Waals surface area contributed by atoms with Gasteiger partial charge in [0.2, 0.25) is 0 Å². The van der Waals surface area contributed by atoms with Gasteiger partial charge < -0.3 is 30.7 Å². The quantitative estimate of drug-likeness (QED) is 0.193. The van der Waals surface area contributed by atoms with Gasteiger partial charge in [0.25, 0.3) is 0 Å². The third-order valence-electron chi connectivity index (χ3n) is 11.3. The number of nitrogens with one attached hydrogen (secondary N) is 4. The number of ether oxygens (including phenoxy) is 2. The zero-order valence-corrected chi connectivity index (χ0v) is 36.3. The van der Waals surface area contributed by atoms with Gasteiger partial charge in [0.15, 0.2) is 23.1 Å². The summed E-state index contributed by atoms with van der Waals surface area (Å²) in [5, 5.41) is 11.4. The molecule has 0 unspecified atom stereocenters. The number of carbonyl (C=O) groups is 6. The van der Waals surface area contributed by atoms with E-state index < -0.39 is 12.1 Å². The standard InChI is InChI=1S/C50H54N4O8/c1-49(2,3)39-19-35-15-31-23-41(55)25-33(43(31)57)17-37-21-40(50(4,5)6)22-38-18-34-26-42(56)24-32(44(34)58)16-36(20-39)45(35)61-12-10-51-47(59)53-27-29-8-7-9-30(14-29)28-54-48(60)52-11-13-62-46(37)38/h7-9,14,19-26H,10-13,15-18,27-28H2,1-6H3,(H2,51,53,59)(H2,52,54,60). The monoisotopic (exact) mass is 838 g/mol. The molecule has 12 bridgehead atoms. The van der Waals surface area contributed by atoms with Gasteiger partial charge in [-0.1, -0.05) is 90.1 Å². The number of rotatable bonds is 0. The van der Waals surface area contributed by atoms with E-state index in [9.17, 15) is 28.8 Å². The lowest BCUT2D eigenvalue weighted by molar-refractivity contribution is -0.115. The van der Waals surface area contributed by atoms with Gasteiger partial charge in [0.05, 0.1) is 13.1 Å². The highest BCUT2D eigenvalue weighted by Crippen LogP contribution is 2.39. The second-order valence-electron chi connectivity index (χ2n) is 18.3. The highest BCUT2D eigenvalue weighted by atomic mass is 16.5. The fourth-order valence-electron chi connectivity index (χ4n) is 8.04. The smallest absolute Gasteiger partial charge is 0.315 e. The third-order valence-corrected chi connectivity index (χ3v) is 11.3. The predicted molar refractivity (Wildman–Crippen MR) is 235 cm³/mol. The van der Waals surface area contributed by atoms with E-state index in [1.807, 2.05) is 48.5 Å². The summed E-state index contributed by atoms with van der Waals surface area (Å²) in [5.74, 6) is -0.388. The Morgan fingerprint density at radius 2 is 0.806 bits per heavy atom. The highest BCUT2D eigenvalue weighted by Gasteiger charge is 2.31. The first-order chi connectivity index (χ1) is 29.4. The molecule has 8 rings (SSSR count). The second kappa shape index (κ2) is 17.8. The van der Waals surface area contributed by atoms with Crippen LogP contribution in [0, 0.1) is 0 Å². The molecule has 4 N–H and O–H groups in total. The van der Waals surface area contributed by atoms with E-state index in [0.717, 1.165) is 22.3 Å². The molecular weight excluding hydrogens is 785 g/mol. The van der Waals surface area contributed by atoms with E-state index in [4.69, 9.17) is 9.47 Å². The molecule has 62 heavy (non-hydrogen) atoms. The molecule has 322 valence electrons. The number of carbonyl (C=O) groups excluding carboxylic acids is 6. The zero-order valence-electron chi connectivity index (χ0n) is 36.3. The molecule has 0 saturated carbocycles. The second-order valence-corrected chi connectivity index (χ2v) is 18.3. The molecule has 2 heterocycles. The summed E-state index contributed by atoms with van der Waals surface area (Å²) >= 11 is 0. The van der Waals surface area contributed by atoms with Crippen molar-refractivity contribution in [1.29, 1.82) is 0 Å². The summed E-state index contributed by atoms with van der Waals surface area (Å²) in [6, 6.07) is 14.6. The molecule has 0 atom stereocenters. The van der Waals surface area contributed by atoms with Crippen LogP contribution in [0.15, 0.2) is 95.1 Å². The van der Waals surface area contributed by atoms with Crippen LogP contribution in [0.3, 0.4) is 0 Å². The predicted octanol–water partition coefficient (Wildman–Crippen LogP) is 6.24. The summed E-state index contributed by atoms with van der Waals surface area (Å²) in [6.07, 6.45) is 5.65. The molecule has 0 spiro atoms. The number of ketones is 4. The lowest BCUT2D eigenvalue weighted by atomic mass is 9.79. The van der Waals surface area contributed by atoms with E-state index in [2.05, 4.69) is 62.8 Å². The molecule has 3 aliphatic carbocycles. The van der Waals surface area contributed by atoms with Crippen LogP contribution in [0.4, 0.5) is 9.59 Å². The van der Waals surface area contributed by atoms with Gasteiger partial charge in [-0.05, 0) is 79.6 Å². The van der Waals surface area contributed by atoms with Gasteiger partial charge in [0, 0.05) is 61.1 Å². The van der Waals surface area contributed by atoms with Gasteiger partial charge in [-0.25, -0.2) is 9.59 Å². The van der Waals surface area contributed by atoms with Crippen molar-refractivity contribution in [2.45, 2.75) is 91.1 Å². The van der Waals surface area contributed by atoms with Crippen molar-refractivity contribution in [3.05, 3.63) is 140 Å². The fraction of sp³-hybridized carbons (Fsp3) is 0.360. The van der Waals surface area contributed by atoms with Crippen molar-refractivity contribution in [2.75, 3.05) is 26.3 Å². The Hall–Kier alpha value is -6.56. The Balaban J connectivity index is 1.38. The van der Waals surface area contributed by atoms with Crippen LogP contribution in [0.2, 0.25) is 0 Å². The lowest BCUT2D eigenvalue weighted by Gasteiger charge is -2.27. The maximum absolute atomic E-state index is 14.6. The van der Waals surface area contributed by atoms with E-state index >= 15 is 0 Å². The first kappa shape index (κ1) is 43.5. The molecule has 12 heteroatoms. The minimum absolute atomic E-state index is 0.0349. The van der Waals surface area contributed by atoms with Crippen LogP contribution < -0.4 is 30.7 Å². The molecular formula is C50H54N4O8. The number of fused-ring (bicyclic) bond motifs is 12. The number of urea groups is 2. The van der Waals surface area contributed by atoms with Crippen molar-refractivity contribution in [2.24, 2.45) is 0 Å². The third kappa shape index (κ3) is 10.3. The van der Waals surface area contributed by atoms with Gasteiger partial charge in [-0.15, -0.1) is 0 Å². The Labute approximate surface area is 362 Å². The van der Waals surface area contributed by atoms with E-state index in [0.29, 0.717) is 33.8 Å². The van der Waals surface area contributed by atoms with Crippen LogP contribution in [-0.4, -0.2) is 61.5 Å². The average Bonchev–Trinajstić information content (AvgIpc) is 3.20. The number of amides is 4. The number of hydrogen-bond acceptors (Lipinski definition) is 8. The van der Waals surface area contributed by atoms with Crippen LogP contribution >= 0.6 is 0 Å². The van der Waals surface area contributed by atoms with Gasteiger partial charge in [-0.2, -0.15) is 0 Å². The maximum Gasteiger partial charge on any atom is 0.315 e. The number of hydrogen-bond donors (Lipinski definition) is 4. The van der Waals surface area contributed by atoms with Crippen molar-refractivity contribution in [3.63, 3.8) is 0 Å².